The van der Waals surface area contributed by atoms with Gasteiger partial charge in [0.2, 0.25) is 5.60 Å². The van der Waals surface area contributed by atoms with Crippen molar-refractivity contribution in [2.45, 2.75) is 69.6 Å². The lowest BCUT2D eigenvalue weighted by molar-refractivity contribution is -0.160. The third-order valence-electron chi connectivity index (χ3n) is 7.98. The van der Waals surface area contributed by atoms with Gasteiger partial charge in [0.25, 0.3) is 11.8 Å². The van der Waals surface area contributed by atoms with E-state index in [-0.39, 0.29) is 44.6 Å². The van der Waals surface area contributed by atoms with Crippen LogP contribution in [-0.4, -0.2) is 51.3 Å². The molecule has 3 aromatic rings. The number of carbonyl (C=O) groups is 2. The van der Waals surface area contributed by atoms with E-state index in [0.29, 0.717) is 29.2 Å². The van der Waals surface area contributed by atoms with Crippen LogP contribution in [0.25, 0.3) is 0 Å². The van der Waals surface area contributed by atoms with Crippen LogP contribution in [0.5, 0.6) is 5.75 Å². The second-order valence-corrected chi connectivity index (χ2v) is 12.2. The molecule has 44 heavy (non-hydrogen) atoms. The molecule has 6 nitrogen and oxygen atoms in total. The highest BCUT2D eigenvalue weighted by molar-refractivity contribution is 7.10. The fourth-order valence-electron chi connectivity index (χ4n) is 6.04. The van der Waals surface area contributed by atoms with E-state index in [2.05, 4.69) is 4.98 Å². The molecule has 4 heterocycles. The number of ether oxygens (including phenoxy) is 1. The van der Waals surface area contributed by atoms with E-state index < -0.39 is 51.9 Å². The smallest absolute Gasteiger partial charge is 0.425 e. The molecule has 14 heteroatoms. The van der Waals surface area contributed by atoms with Gasteiger partial charge < -0.3 is 14.5 Å². The van der Waals surface area contributed by atoms with E-state index in [0.717, 1.165) is 40.9 Å². The van der Waals surface area contributed by atoms with Crippen LogP contribution in [0.15, 0.2) is 48.0 Å². The van der Waals surface area contributed by atoms with Gasteiger partial charge in [-0.15, -0.1) is 11.3 Å². The Balaban J connectivity index is 1.59. The maximum atomic E-state index is 14.6. The summed E-state index contributed by atoms with van der Waals surface area (Å²) >= 11 is 6.60. The van der Waals surface area contributed by atoms with E-state index >= 15 is 0 Å². The van der Waals surface area contributed by atoms with Crippen molar-refractivity contribution in [1.29, 1.82) is 0 Å². The third-order valence-corrected chi connectivity index (χ3v) is 9.17. The zero-order valence-electron chi connectivity index (χ0n) is 23.5. The summed E-state index contributed by atoms with van der Waals surface area (Å²) in [6.07, 6.45) is -7.24. The van der Waals surface area contributed by atoms with Crippen LogP contribution in [0, 0.1) is 0 Å². The Morgan fingerprint density at radius 3 is 2.55 bits per heavy atom. The Morgan fingerprint density at radius 1 is 1.09 bits per heavy atom. The Hall–Kier alpha value is -3.32. The van der Waals surface area contributed by atoms with Crippen LogP contribution >= 0.6 is 22.9 Å². The number of halogens is 7. The lowest BCUT2D eigenvalue weighted by Gasteiger charge is -2.50. The molecule has 0 unspecified atom stereocenters. The molecule has 0 N–H and O–H groups in total. The van der Waals surface area contributed by atoms with Crippen LogP contribution in [-0.2, 0) is 30.1 Å². The van der Waals surface area contributed by atoms with Crippen molar-refractivity contribution in [3.63, 3.8) is 0 Å². The van der Waals surface area contributed by atoms with E-state index in [1.807, 2.05) is 6.07 Å². The maximum Gasteiger partial charge on any atom is 0.425 e. The molecule has 2 aromatic heterocycles. The molecule has 0 saturated carbocycles. The van der Waals surface area contributed by atoms with Gasteiger partial charge in [0.15, 0.2) is 0 Å². The Morgan fingerprint density at radius 2 is 1.86 bits per heavy atom. The first-order chi connectivity index (χ1) is 20.7. The Bertz CT molecular complexity index is 1540. The molecule has 0 radical (unpaired) electrons. The lowest BCUT2D eigenvalue weighted by atomic mass is 9.79. The topological polar surface area (TPSA) is 62.7 Å². The zero-order valence-corrected chi connectivity index (χ0v) is 25.0. The highest BCUT2D eigenvalue weighted by Gasteiger charge is 2.56. The summed E-state index contributed by atoms with van der Waals surface area (Å²) in [6, 6.07) is 6.88. The van der Waals surface area contributed by atoms with Crippen molar-refractivity contribution in [3.05, 3.63) is 80.3 Å². The minimum Gasteiger partial charge on any atom is -0.474 e. The molecular weight excluding hydrogens is 632 g/mol. The number of rotatable bonds is 6. The van der Waals surface area contributed by atoms with Crippen molar-refractivity contribution in [1.82, 2.24) is 14.8 Å². The number of amides is 2. The third kappa shape index (κ3) is 6.26. The number of piperidine rings is 1. The maximum absolute atomic E-state index is 14.6. The second kappa shape index (κ2) is 12.2. The Labute approximate surface area is 258 Å². The van der Waals surface area contributed by atoms with E-state index in [4.69, 9.17) is 16.3 Å². The van der Waals surface area contributed by atoms with Crippen molar-refractivity contribution in [3.8, 4) is 5.75 Å². The van der Waals surface area contributed by atoms with Gasteiger partial charge in [-0.3, -0.25) is 14.6 Å². The first-order valence-electron chi connectivity index (χ1n) is 14.0. The molecule has 236 valence electrons. The van der Waals surface area contributed by atoms with E-state index in [9.17, 15) is 35.9 Å². The number of aromatic nitrogens is 1. The van der Waals surface area contributed by atoms with Crippen LogP contribution < -0.4 is 4.74 Å². The second-order valence-electron chi connectivity index (χ2n) is 10.8. The molecule has 2 aliphatic rings. The summed E-state index contributed by atoms with van der Waals surface area (Å²) in [5.41, 5.74) is -2.14. The molecule has 0 aliphatic carbocycles. The minimum atomic E-state index is -4.87. The predicted octanol–water partition coefficient (Wildman–Crippen LogP) is 7.64. The number of hydrogen-bond donors (Lipinski definition) is 0. The molecule has 2 aliphatic heterocycles. The van der Waals surface area contributed by atoms with Gasteiger partial charge >= 0.3 is 12.4 Å². The van der Waals surface area contributed by atoms with Crippen molar-refractivity contribution >= 4 is 34.8 Å². The highest BCUT2D eigenvalue weighted by Crippen LogP contribution is 2.43. The number of likely N-dealkylation sites (tertiary alicyclic amines) is 1. The van der Waals surface area contributed by atoms with Gasteiger partial charge in [-0.2, -0.15) is 26.3 Å². The number of hydrogen-bond acceptors (Lipinski definition) is 5. The SMILES string of the molecule is CCC[C@H]1N(C(=O)c2ncccc2C(F)(F)F)CCC[C@]1(Oc1csc(C(F)(F)F)c1)C(=O)N1CCc2ccc(Cl)cc2C1. The van der Waals surface area contributed by atoms with Gasteiger partial charge in [0, 0.05) is 48.7 Å². The number of alkyl halides is 6. The van der Waals surface area contributed by atoms with Crippen LogP contribution in [0.4, 0.5) is 26.3 Å². The van der Waals surface area contributed by atoms with Crippen molar-refractivity contribution < 1.29 is 40.7 Å². The first-order valence-corrected chi connectivity index (χ1v) is 15.2. The average Bonchev–Trinajstić information content (AvgIpc) is 3.45. The predicted molar refractivity (Wildman–Crippen MR) is 151 cm³/mol. The summed E-state index contributed by atoms with van der Waals surface area (Å²) in [5.74, 6) is -1.80. The summed E-state index contributed by atoms with van der Waals surface area (Å²) < 4.78 is 88.4. The van der Waals surface area contributed by atoms with Gasteiger partial charge in [-0.05, 0) is 54.7 Å². The number of benzene rings is 1. The number of fused-ring (bicyclic) bond motifs is 1. The van der Waals surface area contributed by atoms with Crippen molar-refractivity contribution in [2.24, 2.45) is 0 Å². The summed E-state index contributed by atoms with van der Waals surface area (Å²) in [7, 11) is 0. The van der Waals surface area contributed by atoms with E-state index in [1.165, 1.54) is 9.80 Å². The molecule has 0 spiro atoms. The molecule has 2 atom stereocenters. The summed E-state index contributed by atoms with van der Waals surface area (Å²) in [5, 5.41) is 1.61. The van der Waals surface area contributed by atoms with E-state index in [1.54, 1.807) is 19.1 Å². The van der Waals surface area contributed by atoms with Crippen LogP contribution in [0.3, 0.4) is 0 Å². The monoisotopic (exact) mass is 659 g/mol. The summed E-state index contributed by atoms with van der Waals surface area (Å²) in [4.78, 5) is 34.0. The molecule has 1 saturated heterocycles. The molecule has 5 rings (SSSR count). The summed E-state index contributed by atoms with van der Waals surface area (Å²) in [6.45, 7) is 2.19. The molecule has 2 amide bonds. The number of nitrogens with zero attached hydrogens (tertiary/aromatic N) is 3. The number of pyridine rings is 1. The average molecular weight is 660 g/mol. The fourth-order valence-corrected chi connectivity index (χ4v) is 6.91. The zero-order chi connectivity index (χ0) is 31.9. The van der Waals surface area contributed by atoms with Crippen LogP contribution in [0.1, 0.15) is 64.7 Å². The highest BCUT2D eigenvalue weighted by atomic mass is 35.5. The largest absolute Gasteiger partial charge is 0.474 e. The quantitative estimate of drug-likeness (QED) is 0.255. The van der Waals surface area contributed by atoms with Gasteiger partial charge in [-0.25, -0.2) is 0 Å². The fraction of sp³-hybridized carbons (Fsp3) is 0.433. The normalized spacial score (nSPS) is 20.8. The molecule has 1 fully saturated rings. The Kier molecular flexibility index (Phi) is 8.92. The van der Waals surface area contributed by atoms with Gasteiger partial charge in [-0.1, -0.05) is 31.0 Å². The standard InChI is InChI=1S/C30H28ClF6N3O3S/c1-2-5-23-28(43-21-15-24(44-17-21)30(35,36)37,27(42)39-13-9-18-7-8-20(31)14-19(18)16-39)10-4-12-40(23)26(41)25-22(29(32,33)34)6-3-11-38-25/h3,6-8,11,14-15,17,23H,2,4-5,9-10,12-13,16H2,1H3/t23-,28-/m1/s1. The molecule has 1 aromatic carbocycles. The van der Waals surface area contributed by atoms with Gasteiger partial charge in [0.1, 0.15) is 16.3 Å². The number of thiophene rings is 1. The van der Waals surface area contributed by atoms with Crippen LogP contribution in [0.2, 0.25) is 5.02 Å². The first kappa shape index (κ1) is 32.1. The molecule has 0 bridgehead atoms. The minimum absolute atomic E-state index is 0.00560. The lowest BCUT2D eigenvalue weighted by Crippen LogP contribution is -2.68. The molecular formula is C30H28ClF6N3O3S. The van der Waals surface area contributed by atoms with Crippen molar-refractivity contribution in [2.75, 3.05) is 13.1 Å². The number of carbonyl (C=O) groups excluding carboxylic acids is 2. The van der Waals surface area contributed by atoms with Gasteiger partial charge in [0.05, 0.1) is 11.6 Å².